The number of aliphatic hydroxyl groups is 3. The minimum Gasteiger partial charge on any atom is -0.460 e. The van der Waals surface area contributed by atoms with Gasteiger partial charge in [-0.3, -0.25) is 0 Å². The third-order valence-corrected chi connectivity index (χ3v) is 26.4. The molecular formula is C90H125ArN3O8. The van der Waals surface area contributed by atoms with E-state index in [1.54, 1.807) is 14.0 Å². The van der Waals surface area contributed by atoms with Crippen molar-refractivity contribution in [3.05, 3.63) is 150 Å². The van der Waals surface area contributed by atoms with E-state index in [4.69, 9.17) is 28.8 Å². The molecule has 6 aromatic carbocycles. The first kappa shape index (κ1) is 82.1. The van der Waals surface area contributed by atoms with E-state index in [-0.39, 0.29) is 72.0 Å². The molecule has 0 amide bonds. The Hall–Kier alpha value is -5.60. The van der Waals surface area contributed by atoms with Crippen LogP contribution in [0.25, 0.3) is 50.1 Å². The van der Waals surface area contributed by atoms with Crippen LogP contribution in [0.3, 0.4) is 0 Å². The van der Waals surface area contributed by atoms with E-state index in [1.165, 1.54) is 145 Å². The third kappa shape index (κ3) is 13.1. The van der Waals surface area contributed by atoms with E-state index in [0.717, 1.165) is 89.8 Å². The van der Waals surface area contributed by atoms with E-state index in [0.29, 0.717) is 0 Å². The van der Waals surface area contributed by atoms with Crippen LogP contribution in [0.5, 0.6) is 17.2 Å². The second-order valence-electron chi connectivity index (χ2n) is 34.0. The van der Waals surface area contributed by atoms with Crippen LogP contribution >= 0.6 is 0 Å². The Labute approximate surface area is 644 Å². The number of methoxy groups -OCH3 is 1. The van der Waals surface area contributed by atoms with Crippen molar-refractivity contribution in [3.8, 4) is 50.6 Å². The molecule has 0 radical (unpaired) electrons. The summed E-state index contributed by atoms with van der Waals surface area (Å²) in [6.07, 6.45) is -2.89. The summed E-state index contributed by atoms with van der Waals surface area (Å²) in [5.41, 5.74) is 46.1. The van der Waals surface area contributed by atoms with E-state index in [9.17, 15) is 10.2 Å². The maximum atomic E-state index is 11.2. The van der Waals surface area contributed by atoms with E-state index in [1.807, 2.05) is 20.8 Å². The Morgan fingerprint density at radius 2 is 0.588 bits per heavy atom. The van der Waals surface area contributed by atoms with Crippen LogP contribution in [0.4, 0.5) is 17.1 Å². The normalized spacial score (nSPS) is 18.9. The van der Waals surface area contributed by atoms with Crippen molar-refractivity contribution in [1.29, 1.82) is 0 Å². The predicted octanol–water partition coefficient (Wildman–Crippen LogP) is 23.0. The molecule has 102 heavy (non-hydrogen) atoms. The van der Waals surface area contributed by atoms with Gasteiger partial charge in [0.25, 0.3) is 0 Å². The fourth-order valence-corrected chi connectivity index (χ4v) is 15.9. The number of hydrogen-bond acceptors (Lipinski definition) is 11. The van der Waals surface area contributed by atoms with Gasteiger partial charge in [-0.15, -0.1) is 0 Å². The number of ether oxygens (including phenoxy) is 5. The first-order valence-corrected chi connectivity index (χ1v) is 36.8. The van der Waals surface area contributed by atoms with Crippen LogP contribution in [-0.4, -0.2) is 56.9 Å². The van der Waals surface area contributed by atoms with Gasteiger partial charge in [-0.25, -0.2) is 0 Å². The quantitative estimate of drug-likeness (QED) is 0.100. The van der Waals surface area contributed by atoms with Crippen molar-refractivity contribution in [2.45, 2.75) is 309 Å². The Morgan fingerprint density at radius 1 is 0.353 bits per heavy atom. The Balaban J connectivity index is 0.000000185. The first-order valence-electron chi connectivity index (χ1n) is 36.8. The van der Waals surface area contributed by atoms with Crippen LogP contribution in [-0.2, 0) is 9.47 Å². The molecule has 0 aliphatic carbocycles. The van der Waals surface area contributed by atoms with Crippen LogP contribution in [0.1, 0.15) is 284 Å². The molecule has 0 aromatic heterocycles. The summed E-state index contributed by atoms with van der Waals surface area (Å²) in [7, 11) is 1.74. The first-order chi connectivity index (χ1) is 46.3. The SMILES string of the molecule is CC(O)C(C)(C)C.CC1=C(C)C(C)(C)Nc2c(C)c(C)c3c(c21)C(O)Oc1c(C)c(C)c(C)c(C)c1-3.CC1=C(C)C(C)(C)Nc2c(C)c(C)c3c(c21)C(O)Oc1c(C)c(C)c(C)c(C)c1-3.COC(C)(C)C(C)OC1Oc2c(C)c(C)c(C)c(C)c2-c2c(C)c(C)c3c(c21)C(C)=C(C)C(C)(C)N3.[Ar]. The zero-order valence-corrected chi connectivity index (χ0v) is 70.3. The van der Waals surface area contributed by atoms with Gasteiger partial charge < -0.3 is 55.0 Å². The molecule has 6 aliphatic heterocycles. The predicted molar refractivity (Wildman–Crippen MR) is 426 cm³/mol. The summed E-state index contributed by atoms with van der Waals surface area (Å²) in [4.78, 5) is 0. The number of fused-ring (bicyclic) bond motifs is 15. The Kier molecular flexibility index (Phi) is 22.7. The van der Waals surface area contributed by atoms with E-state index in [2.05, 4.69) is 244 Å². The van der Waals surface area contributed by atoms with Gasteiger partial charge in [0.1, 0.15) is 17.2 Å². The molecule has 5 unspecified atom stereocenters. The number of aliphatic hydroxyl groups excluding tert-OH is 3. The fourth-order valence-electron chi connectivity index (χ4n) is 15.9. The summed E-state index contributed by atoms with van der Waals surface area (Å²) in [6.45, 7) is 79.8. The summed E-state index contributed by atoms with van der Waals surface area (Å²) < 4.78 is 31.9. The monoisotopic (exact) mass is 1420 g/mol. The Bertz CT molecular complexity index is 4410. The molecule has 12 rings (SSSR count). The number of hydrogen-bond donors (Lipinski definition) is 6. The van der Waals surface area contributed by atoms with Gasteiger partial charge in [-0.05, 0) is 391 Å². The molecule has 6 aliphatic rings. The van der Waals surface area contributed by atoms with Gasteiger partial charge in [-0.1, -0.05) is 20.8 Å². The third-order valence-electron chi connectivity index (χ3n) is 26.4. The maximum Gasteiger partial charge on any atom is 0.228 e. The van der Waals surface area contributed by atoms with Gasteiger partial charge in [-0.2, -0.15) is 0 Å². The molecule has 5 atom stereocenters. The average Bonchev–Trinajstić information content (AvgIpc) is 0.717. The van der Waals surface area contributed by atoms with E-state index >= 15 is 0 Å². The second kappa shape index (κ2) is 28.3. The standard InChI is InChI=1S/C32H45NO3.2C26H33NO2.C6H14O.Ar/c1-15-16(2)20(6)29-26(17(15)3)24-18(4)19(5)28-25(21(7)22(8)31(10,11)33-28)27(24)30(36-29)35-23(9)32(12,13)34-14;2*1-11-12(2)16(6)24-21(13(11)3)19-14(4)15(5)23-20(22(19)25(28)29-24)17(7)18(8)26(9,10)27-23;1-5(7)6(2,3)4;/h23,30,33H,1-14H3;2*25,27-28H,1-10H3;5,7H,1-4H3;. The smallest absolute Gasteiger partial charge is 0.228 e. The molecule has 556 valence electrons. The molecule has 6 N–H and O–H groups in total. The minimum absolute atomic E-state index is 0. The molecule has 6 heterocycles. The molecule has 12 heteroatoms. The molecule has 0 saturated carbocycles. The summed E-state index contributed by atoms with van der Waals surface area (Å²) in [6, 6.07) is 0. The number of anilines is 3. The van der Waals surface area contributed by atoms with Crippen molar-refractivity contribution < 1.29 is 76.7 Å². The molecule has 6 aromatic rings. The van der Waals surface area contributed by atoms with Crippen LogP contribution in [0.2, 0.25) is 0 Å². The summed E-state index contributed by atoms with van der Waals surface area (Å²) in [5, 5.41) is 42.7. The molecule has 11 nitrogen and oxygen atoms in total. The van der Waals surface area contributed by atoms with Crippen molar-refractivity contribution in [3.63, 3.8) is 0 Å². The molecular weight excluding hydrogens is 1290 g/mol. The fraction of sp³-hybridized carbons (Fsp3) is 0.533. The number of benzene rings is 6. The molecule has 0 bridgehead atoms. The second-order valence-corrected chi connectivity index (χ2v) is 34.0. The molecule has 0 fully saturated rings. The topological polar surface area (TPSA) is 143 Å². The zero-order valence-electron chi connectivity index (χ0n) is 69.6. The number of allylic oxidation sites excluding steroid dienone is 3. The van der Waals surface area contributed by atoms with Gasteiger partial charge >= 0.3 is 0 Å². The van der Waals surface area contributed by atoms with Crippen LogP contribution in [0.15, 0.2) is 16.7 Å². The average molecular weight is 1420 g/mol. The van der Waals surface area contributed by atoms with Gasteiger partial charge in [0.2, 0.25) is 18.9 Å². The van der Waals surface area contributed by atoms with E-state index < -0.39 is 24.5 Å². The summed E-state index contributed by atoms with van der Waals surface area (Å²) >= 11 is 0. The summed E-state index contributed by atoms with van der Waals surface area (Å²) in [5.74, 6) is 2.60. The van der Waals surface area contributed by atoms with Gasteiger partial charge in [0, 0.05) is 112 Å². The van der Waals surface area contributed by atoms with Gasteiger partial charge in [0.05, 0.1) is 34.4 Å². The minimum atomic E-state index is -0.975. The number of rotatable bonds is 4. The Morgan fingerprint density at radius 3 is 0.853 bits per heavy atom. The van der Waals surface area contributed by atoms with Crippen LogP contribution in [0, 0.1) is 168 Å². The van der Waals surface area contributed by atoms with Crippen molar-refractivity contribution >= 4 is 33.8 Å². The van der Waals surface area contributed by atoms with Crippen LogP contribution < -0.4 is 30.2 Å². The van der Waals surface area contributed by atoms with Gasteiger partial charge in [0.15, 0.2) is 0 Å². The molecule has 0 saturated heterocycles. The van der Waals surface area contributed by atoms with Crippen molar-refractivity contribution in [1.82, 2.24) is 0 Å². The van der Waals surface area contributed by atoms with Crippen molar-refractivity contribution in [2.75, 3.05) is 23.1 Å². The number of nitrogens with one attached hydrogen (secondary N) is 3. The molecule has 0 spiro atoms. The maximum absolute atomic E-state index is 11.2. The van der Waals surface area contributed by atoms with Crippen molar-refractivity contribution in [2.24, 2.45) is 5.41 Å². The zero-order chi connectivity index (χ0) is 76.3. The largest absolute Gasteiger partial charge is 0.460 e.